The number of rotatable bonds is 1. The molecule has 2 aromatic rings. The molecule has 0 bridgehead atoms. The van der Waals surface area contributed by atoms with Crippen molar-refractivity contribution in [3.8, 4) is 0 Å². The monoisotopic (exact) mass is 294 g/mol. The molecule has 17 heavy (non-hydrogen) atoms. The number of halogens is 1. The SMILES string of the molecule is CC1(n2c(N)nc3cc(Br)cnc32)CCCC1. The molecule has 1 fully saturated rings. The molecule has 0 spiro atoms. The third-order valence-electron chi connectivity index (χ3n) is 3.71. The summed E-state index contributed by atoms with van der Waals surface area (Å²) in [7, 11) is 0. The van der Waals surface area contributed by atoms with Crippen LogP contribution < -0.4 is 5.73 Å². The predicted molar refractivity (Wildman–Crippen MR) is 71.8 cm³/mol. The summed E-state index contributed by atoms with van der Waals surface area (Å²) >= 11 is 3.41. The molecule has 2 aromatic heterocycles. The molecule has 2 N–H and O–H groups in total. The van der Waals surface area contributed by atoms with Gasteiger partial charge < -0.3 is 5.73 Å². The molecule has 90 valence electrons. The first kappa shape index (κ1) is 11.0. The second-order valence-electron chi connectivity index (χ2n) is 5.01. The third kappa shape index (κ3) is 1.64. The van der Waals surface area contributed by atoms with Gasteiger partial charge in [-0.3, -0.25) is 4.57 Å². The average molecular weight is 295 g/mol. The Morgan fingerprint density at radius 2 is 2.12 bits per heavy atom. The van der Waals surface area contributed by atoms with Crippen molar-refractivity contribution in [3.63, 3.8) is 0 Å². The summed E-state index contributed by atoms with van der Waals surface area (Å²) in [5.41, 5.74) is 7.91. The Balaban J connectivity index is 2.25. The first-order chi connectivity index (χ1) is 8.10. The highest BCUT2D eigenvalue weighted by molar-refractivity contribution is 9.10. The van der Waals surface area contributed by atoms with Gasteiger partial charge in [-0.2, -0.15) is 0 Å². The van der Waals surface area contributed by atoms with Crippen molar-refractivity contribution >= 4 is 33.0 Å². The van der Waals surface area contributed by atoms with Crippen LogP contribution in [0, 0.1) is 0 Å². The Bertz CT molecular complexity index is 569. The second-order valence-corrected chi connectivity index (χ2v) is 5.92. The predicted octanol–water partition coefficient (Wildman–Crippen LogP) is 3.07. The number of imidazole rings is 1. The fourth-order valence-corrected chi connectivity index (χ4v) is 3.17. The highest BCUT2D eigenvalue weighted by Gasteiger charge is 2.33. The van der Waals surface area contributed by atoms with Gasteiger partial charge in [0.15, 0.2) is 5.65 Å². The number of aromatic nitrogens is 3. The molecule has 0 atom stereocenters. The zero-order chi connectivity index (χ0) is 12.0. The Labute approximate surface area is 108 Å². The van der Waals surface area contributed by atoms with E-state index in [2.05, 4.69) is 37.4 Å². The summed E-state index contributed by atoms with van der Waals surface area (Å²) in [6.45, 7) is 2.25. The molecule has 0 aliphatic heterocycles. The molecule has 5 heteroatoms. The number of nitrogens with zero attached hydrogens (tertiary/aromatic N) is 3. The molecule has 1 aliphatic carbocycles. The van der Waals surface area contributed by atoms with E-state index in [9.17, 15) is 0 Å². The maximum absolute atomic E-state index is 6.06. The van der Waals surface area contributed by atoms with E-state index >= 15 is 0 Å². The maximum Gasteiger partial charge on any atom is 0.202 e. The van der Waals surface area contributed by atoms with Crippen molar-refractivity contribution in [1.82, 2.24) is 14.5 Å². The van der Waals surface area contributed by atoms with E-state index in [1.165, 1.54) is 12.8 Å². The summed E-state index contributed by atoms with van der Waals surface area (Å²) in [5.74, 6) is 0.579. The minimum Gasteiger partial charge on any atom is -0.369 e. The summed E-state index contributed by atoms with van der Waals surface area (Å²) < 4.78 is 3.05. The summed E-state index contributed by atoms with van der Waals surface area (Å²) in [4.78, 5) is 8.88. The fraction of sp³-hybridized carbons (Fsp3) is 0.500. The van der Waals surface area contributed by atoms with Gasteiger partial charge in [0.25, 0.3) is 0 Å². The fourth-order valence-electron chi connectivity index (χ4n) is 2.85. The van der Waals surface area contributed by atoms with Crippen LogP contribution in [-0.2, 0) is 5.54 Å². The lowest BCUT2D eigenvalue weighted by Crippen LogP contribution is -2.27. The molecule has 1 aliphatic rings. The molecule has 0 saturated heterocycles. The Kier molecular flexibility index (Phi) is 2.40. The van der Waals surface area contributed by atoms with E-state index in [4.69, 9.17) is 5.73 Å². The number of nitrogen functional groups attached to an aromatic ring is 1. The first-order valence-electron chi connectivity index (χ1n) is 5.90. The van der Waals surface area contributed by atoms with E-state index < -0.39 is 0 Å². The van der Waals surface area contributed by atoms with Gasteiger partial charge >= 0.3 is 0 Å². The molecule has 1 saturated carbocycles. The first-order valence-corrected chi connectivity index (χ1v) is 6.69. The lowest BCUT2D eigenvalue weighted by molar-refractivity contribution is 0.342. The van der Waals surface area contributed by atoms with Gasteiger partial charge in [0.05, 0.1) is 0 Å². The van der Waals surface area contributed by atoms with Gasteiger partial charge in [-0.15, -0.1) is 0 Å². The minimum atomic E-state index is 0.0830. The van der Waals surface area contributed by atoms with Crippen LogP contribution >= 0.6 is 15.9 Å². The number of hydrogen-bond acceptors (Lipinski definition) is 3. The van der Waals surface area contributed by atoms with Crippen molar-refractivity contribution in [2.75, 3.05) is 5.73 Å². The van der Waals surface area contributed by atoms with Crippen LogP contribution in [0.1, 0.15) is 32.6 Å². The van der Waals surface area contributed by atoms with Crippen LogP contribution in [0.15, 0.2) is 16.7 Å². The highest BCUT2D eigenvalue weighted by atomic mass is 79.9. The van der Waals surface area contributed by atoms with Crippen molar-refractivity contribution < 1.29 is 0 Å². The summed E-state index contributed by atoms with van der Waals surface area (Å²) in [6, 6.07) is 1.97. The van der Waals surface area contributed by atoms with Crippen molar-refractivity contribution in [2.24, 2.45) is 0 Å². The van der Waals surface area contributed by atoms with E-state index in [0.717, 1.165) is 28.5 Å². The van der Waals surface area contributed by atoms with Gasteiger partial charge in [0.2, 0.25) is 5.95 Å². The maximum atomic E-state index is 6.06. The quantitative estimate of drug-likeness (QED) is 0.879. The summed E-state index contributed by atoms with van der Waals surface area (Å²) in [5, 5.41) is 0. The average Bonchev–Trinajstić information content (AvgIpc) is 2.81. The topological polar surface area (TPSA) is 56.7 Å². The largest absolute Gasteiger partial charge is 0.369 e. The number of fused-ring (bicyclic) bond motifs is 1. The smallest absolute Gasteiger partial charge is 0.202 e. The van der Waals surface area contributed by atoms with E-state index in [1.54, 1.807) is 6.20 Å². The van der Waals surface area contributed by atoms with Gasteiger partial charge in [-0.25, -0.2) is 9.97 Å². The highest BCUT2D eigenvalue weighted by Crippen LogP contribution is 2.39. The van der Waals surface area contributed by atoms with E-state index in [-0.39, 0.29) is 5.54 Å². The van der Waals surface area contributed by atoms with Crippen LogP contribution in [0.3, 0.4) is 0 Å². The molecule has 4 nitrogen and oxygen atoms in total. The van der Waals surface area contributed by atoms with Crippen molar-refractivity contribution in [3.05, 3.63) is 16.7 Å². The van der Waals surface area contributed by atoms with E-state index in [0.29, 0.717) is 5.95 Å². The van der Waals surface area contributed by atoms with Crippen LogP contribution in [0.5, 0.6) is 0 Å². The lowest BCUT2D eigenvalue weighted by Gasteiger charge is -2.26. The second kappa shape index (κ2) is 3.70. The molecule has 0 radical (unpaired) electrons. The van der Waals surface area contributed by atoms with Gasteiger partial charge in [0.1, 0.15) is 5.52 Å². The van der Waals surface area contributed by atoms with Crippen LogP contribution in [-0.4, -0.2) is 14.5 Å². The van der Waals surface area contributed by atoms with Crippen LogP contribution in [0.25, 0.3) is 11.2 Å². The van der Waals surface area contributed by atoms with Crippen LogP contribution in [0.2, 0.25) is 0 Å². The molecule has 2 heterocycles. The Hall–Kier alpha value is -1.10. The lowest BCUT2D eigenvalue weighted by atomic mass is 10.0. The molecule has 0 amide bonds. The zero-order valence-corrected chi connectivity index (χ0v) is 11.4. The van der Waals surface area contributed by atoms with E-state index in [1.807, 2.05) is 6.07 Å². The number of anilines is 1. The number of pyridine rings is 1. The molecule has 3 rings (SSSR count). The molecular weight excluding hydrogens is 280 g/mol. The Morgan fingerprint density at radius 3 is 2.82 bits per heavy atom. The summed E-state index contributed by atoms with van der Waals surface area (Å²) in [6.07, 6.45) is 6.62. The Morgan fingerprint density at radius 1 is 1.41 bits per heavy atom. The minimum absolute atomic E-state index is 0.0830. The van der Waals surface area contributed by atoms with Gasteiger partial charge in [-0.1, -0.05) is 12.8 Å². The van der Waals surface area contributed by atoms with Crippen LogP contribution in [0.4, 0.5) is 5.95 Å². The standard InChI is InChI=1S/C12H15BrN4/c1-12(4-2-3-5-12)17-10-9(16-11(17)14)6-8(13)7-15-10/h6-7H,2-5H2,1H3,(H2,14,16). The number of nitrogens with two attached hydrogens (primary N) is 1. The molecular formula is C12H15BrN4. The normalized spacial score (nSPS) is 18.9. The molecule has 0 unspecified atom stereocenters. The zero-order valence-electron chi connectivity index (χ0n) is 9.78. The van der Waals surface area contributed by atoms with Crippen molar-refractivity contribution in [2.45, 2.75) is 38.1 Å². The third-order valence-corrected chi connectivity index (χ3v) is 4.14. The van der Waals surface area contributed by atoms with Crippen molar-refractivity contribution in [1.29, 1.82) is 0 Å². The van der Waals surface area contributed by atoms with Gasteiger partial charge in [0, 0.05) is 16.2 Å². The molecule has 0 aromatic carbocycles. The van der Waals surface area contributed by atoms with Gasteiger partial charge in [-0.05, 0) is 41.8 Å². The number of hydrogen-bond donors (Lipinski definition) is 1.